The second kappa shape index (κ2) is 8.37. The number of benzene rings is 1. The highest BCUT2D eigenvalue weighted by molar-refractivity contribution is 7.89. The summed E-state index contributed by atoms with van der Waals surface area (Å²) >= 11 is 0. The smallest absolute Gasteiger partial charge is 0.342 e. The van der Waals surface area contributed by atoms with Gasteiger partial charge in [-0.3, -0.25) is 0 Å². The second-order valence-corrected chi connectivity index (χ2v) is 7.00. The first-order chi connectivity index (χ1) is 11.3. The molecule has 0 saturated heterocycles. The van der Waals surface area contributed by atoms with E-state index in [1.807, 2.05) is 12.1 Å². The SMILES string of the molecule is COC(=O)c1c(C)oc(C)c1S(=O)(=O)NCCc1ccc(N)cc1.Cl. The van der Waals surface area contributed by atoms with Gasteiger partial charge in [0.05, 0.1) is 7.11 Å². The number of halogens is 1. The molecular formula is C16H21ClN2O5S. The molecule has 1 aromatic carbocycles. The maximum Gasteiger partial charge on any atom is 0.342 e. The van der Waals surface area contributed by atoms with Gasteiger partial charge in [0.25, 0.3) is 0 Å². The van der Waals surface area contributed by atoms with E-state index in [0.29, 0.717) is 12.1 Å². The fourth-order valence-corrected chi connectivity index (χ4v) is 3.84. The number of hydrogen-bond donors (Lipinski definition) is 2. The minimum Gasteiger partial charge on any atom is -0.465 e. The summed E-state index contributed by atoms with van der Waals surface area (Å²) in [6.45, 7) is 3.19. The van der Waals surface area contributed by atoms with Crippen LogP contribution in [-0.2, 0) is 21.2 Å². The molecule has 7 nitrogen and oxygen atoms in total. The fourth-order valence-electron chi connectivity index (χ4n) is 2.41. The lowest BCUT2D eigenvalue weighted by atomic mass is 10.1. The first-order valence-corrected chi connectivity index (χ1v) is 8.77. The highest BCUT2D eigenvalue weighted by Gasteiger charge is 2.31. The van der Waals surface area contributed by atoms with E-state index in [0.717, 1.165) is 5.56 Å². The molecule has 0 aliphatic heterocycles. The number of hydrogen-bond acceptors (Lipinski definition) is 6. The van der Waals surface area contributed by atoms with Gasteiger partial charge in [-0.1, -0.05) is 12.1 Å². The molecule has 1 heterocycles. The Balaban J connectivity index is 0.00000312. The summed E-state index contributed by atoms with van der Waals surface area (Å²) in [5, 5.41) is 0. The fraction of sp³-hybridized carbons (Fsp3) is 0.312. The number of sulfonamides is 1. The molecule has 1 aromatic heterocycles. The first kappa shape index (κ1) is 21.0. The van der Waals surface area contributed by atoms with Gasteiger partial charge in [0.2, 0.25) is 10.0 Å². The molecule has 0 atom stereocenters. The van der Waals surface area contributed by atoms with Crippen molar-refractivity contribution in [1.29, 1.82) is 0 Å². The molecule has 0 amide bonds. The van der Waals surface area contributed by atoms with Gasteiger partial charge >= 0.3 is 5.97 Å². The van der Waals surface area contributed by atoms with E-state index in [1.165, 1.54) is 21.0 Å². The zero-order valence-corrected chi connectivity index (χ0v) is 15.8. The zero-order valence-electron chi connectivity index (χ0n) is 14.2. The lowest BCUT2D eigenvalue weighted by Crippen LogP contribution is -2.27. The van der Waals surface area contributed by atoms with Crippen LogP contribution in [0, 0.1) is 13.8 Å². The number of aryl methyl sites for hydroxylation is 2. The molecule has 0 bridgehead atoms. The van der Waals surface area contributed by atoms with Crippen molar-refractivity contribution in [2.45, 2.75) is 25.2 Å². The summed E-state index contributed by atoms with van der Waals surface area (Å²) in [4.78, 5) is 11.7. The average Bonchev–Trinajstić information content (AvgIpc) is 2.83. The Kier molecular flexibility index (Phi) is 7.04. The van der Waals surface area contributed by atoms with Gasteiger partial charge in [-0.15, -0.1) is 12.4 Å². The molecule has 0 unspecified atom stereocenters. The molecule has 138 valence electrons. The van der Waals surface area contributed by atoms with Gasteiger partial charge in [0, 0.05) is 12.2 Å². The molecule has 0 radical (unpaired) electrons. The number of furan rings is 1. The second-order valence-electron chi connectivity index (χ2n) is 5.30. The van der Waals surface area contributed by atoms with Crippen LogP contribution in [0.15, 0.2) is 33.6 Å². The number of rotatable bonds is 6. The lowest BCUT2D eigenvalue weighted by Gasteiger charge is -2.08. The molecule has 3 N–H and O–H groups in total. The number of nitrogens with two attached hydrogens (primary N) is 1. The van der Waals surface area contributed by atoms with Crippen LogP contribution in [-0.4, -0.2) is 28.0 Å². The van der Waals surface area contributed by atoms with Crippen molar-refractivity contribution in [3.05, 3.63) is 46.9 Å². The van der Waals surface area contributed by atoms with Crippen molar-refractivity contribution >= 4 is 34.1 Å². The van der Waals surface area contributed by atoms with Crippen LogP contribution in [0.5, 0.6) is 0 Å². The highest BCUT2D eigenvalue weighted by Crippen LogP contribution is 2.27. The van der Waals surface area contributed by atoms with Crippen molar-refractivity contribution in [3.63, 3.8) is 0 Å². The van der Waals surface area contributed by atoms with Crippen LogP contribution in [0.2, 0.25) is 0 Å². The number of nitrogens with one attached hydrogen (secondary N) is 1. The third-order valence-corrected chi connectivity index (χ3v) is 5.16. The van der Waals surface area contributed by atoms with Crippen LogP contribution >= 0.6 is 12.4 Å². The van der Waals surface area contributed by atoms with Gasteiger partial charge in [0.15, 0.2) is 0 Å². The Labute approximate surface area is 153 Å². The lowest BCUT2D eigenvalue weighted by molar-refractivity contribution is 0.0595. The number of nitrogen functional groups attached to an aromatic ring is 1. The highest BCUT2D eigenvalue weighted by atomic mass is 35.5. The Morgan fingerprint density at radius 2 is 1.80 bits per heavy atom. The number of carbonyl (C=O) groups is 1. The Morgan fingerprint density at radius 3 is 2.36 bits per heavy atom. The maximum atomic E-state index is 12.6. The molecule has 2 rings (SSSR count). The predicted molar refractivity (Wildman–Crippen MR) is 96.5 cm³/mol. The minimum absolute atomic E-state index is 0. The molecular weight excluding hydrogens is 368 g/mol. The van der Waals surface area contributed by atoms with E-state index < -0.39 is 16.0 Å². The molecule has 0 aliphatic carbocycles. The van der Waals surface area contributed by atoms with Gasteiger partial charge in [-0.05, 0) is 38.0 Å². The van der Waals surface area contributed by atoms with Crippen LogP contribution in [0.25, 0.3) is 0 Å². The van der Waals surface area contributed by atoms with E-state index in [2.05, 4.69) is 9.46 Å². The Hall–Kier alpha value is -2.03. The van der Waals surface area contributed by atoms with Crippen molar-refractivity contribution in [1.82, 2.24) is 4.72 Å². The molecule has 9 heteroatoms. The zero-order chi connectivity index (χ0) is 17.9. The van der Waals surface area contributed by atoms with Gasteiger partial charge < -0.3 is 14.9 Å². The molecule has 25 heavy (non-hydrogen) atoms. The topological polar surface area (TPSA) is 112 Å². The van der Waals surface area contributed by atoms with E-state index in [9.17, 15) is 13.2 Å². The van der Waals surface area contributed by atoms with E-state index in [4.69, 9.17) is 10.2 Å². The van der Waals surface area contributed by atoms with E-state index in [-0.39, 0.29) is 40.9 Å². The number of ether oxygens (including phenoxy) is 1. The van der Waals surface area contributed by atoms with Crippen LogP contribution in [0.1, 0.15) is 27.4 Å². The minimum atomic E-state index is -3.90. The molecule has 0 saturated carbocycles. The number of methoxy groups -OCH3 is 1. The monoisotopic (exact) mass is 388 g/mol. The first-order valence-electron chi connectivity index (χ1n) is 7.28. The van der Waals surface area contributed by atoms with Crippen LogP contribution in [0.3, 0.4) is 0 Å². The number of esters is 1. The van der Waals surface area contributed by atoms with Crippen molar-refractivity contribution in [2.24, 2.45) is 0 Å². The normalized spacial score (nSPS) is 11.0. The van der Waals surface area contributed by atoms with Crippen molar-refractivity contribution in [3.8, 4) is 0 Å². The number of anilines is 1. The van der Waals surface area contributed by atoms with Crippen LogP contribution in [0.4, 0.5) is 5.69 Å². The summed E-state index contributed by atoms with van der Waals surface area (Å²) < 4.78 is 37.5. The number of carbonyl (C=O) groups excluding carboxylic acids is 1. The Bertz CT molecular complexity index is 844. The molecule has 0 fully saturated rings. The third kappa shape index (κ3) is 4.75. The molecule has 0 aliphatic rings. The predicted octanol–water partition coefficient (Wildman–Crippen LogP) is 2.21. The summed E-state index contributed by atoms with van der Waals surface area (Å²) in [7, 11) is -2.71. The van der Waals surface area contributed by atoms with Crippen molar-refractivity contribution in [2.75, 3.05) is 19.4 Å². The van der Waals surface area contributed by atoms with Gasteiger partial charge in [-0.25, -0.2) is 17.9 Å². The summed E-state index contributed by atoms with van der Waals surface area (Å²) in [6.07, 6.45) is 0.489. The third-order valence-electron chi connectivity index (χ3n) is 3.55. The van der Waals surface area contributed by atoms with E-state index in [1.54, 1.807) is 12.1 Å². The Morgan fingerprint density at radius 1 is 1.20 bits per heavy atom. The average molecular weight is 389 g/mol. The van der Waals surface area contributed by atoms with E-state index >= 15 is 0 Å². The van der Waals surface area contributed by atoms with Gasteiger partial charge in [-0.2, -0.15) is 0 Å². The summed E-state index contributed by atoms with van der Waals surface area (Å²) in [6, 6.07) is 7.17. The standard InChI is InChI=1S/C16H20N2O5S.ClH/c1-10-14(16(19)22-3)15(11(2)23-10)24(20,21)18-9-8-12-4-6-13(17)7-5-12;/h4-7,18H,8-9,17H2,1-3H3;1H. The summed E-state index contributed by atoms with van der Waals surface area (Å²) in [5.74, 6) is -0.394. The molecule has 2 aromatic rings. The largest absolute Gasteiger partial charge is 0.465 e. The maximum absolute atomic E-state index is 12.6. The summed E-state index contributed by atoms with van der Waals surface area (Å²) in [5.41, 5.74) is 7.13. The van der Waals surface area contributed by atoms with Crippen molar-refractivity contribution < 1.29 is 22.4 Å². The molecule has 0 spiro atoms. The van der Waals surface area contributed by atoms with Gasteiger partial charge in [0.1, 0.15) is 22.0 Å². The quantitative estimate of drug-likeness (QED) is 0.579. The van der Waals surface area contributed by atoms with Crippen LogP contribution < -0.4 is 10.5 Å².